The van der Waals surface area contributed by atoms with Gasteiger partial charge in [0.1, 0.15) is 11.9 Å². The van der Waals surface area contributed by atoms with Crippen molar-refractivity contribution in [2.75, 3.05) is 19.8 Å². The molecule has 1 N–H and O–H groups in total. The van der Waals surface area contributed by atoms with Crippen molar-refractivity contribution in [3.63, 3.8) is 0 Å². The first kappa shape index (κ1) is 10.2. The number of ether oxygens (including phenoxy) is 2. The van der Waals surface area contributed by atoms with Crippen molar-refractivity contribution in [3.05, 3.63) is 18.2 Å². The predicted molar refractivity (Wildman–Crippen MR) is 45.2 cm³/mol. The van der Waals surface area contributed by atoms with Gasteiger partial charge in [0.05, 0.1) is 19.8 Å². The van der Waals surface area contributed by atoms with Crippen LogP contribution in [-0.2, 0) is 9.47 Å². The number of imidazole rings is 1. The van der Waals surface area contributed by atoms with Crippen molar-refractivity contribution in [3.8, 4) is 0 Å². The summed E-state index contributed by atoms with van der Waals surface area (Å²) in [5.74, 6) is 0.852. The molecule has 0 saturated carbocycles. The van der Waals surface area contributed by atoms with Crippen LogP contribution in [0.1, 0.15) is 11.9 Å². The zero-order chi connectivity index (χ0) is 7.52. The van der Waals surface area contributed by atoms with Gasteiger partial charge in [-0.15, -0.1) is 0 Å². The number of H-pyrrole nitrogens is 1. The largest absolute Gasteiger partial charge is 0.376 e. The Hall–Kier alpha value is 0.130. The van der Waals surface area contributed by atoms with Crippen LogP contribution in [0.3, 0.4) is 0 Å². The van der Waals surface area contributed by atoms with Gasteiger partial charge in [0.25, 0.3) is 0 Å². The maximum atomic E-state index is 5.40. The summed E-state index contributed by atoms with van der Waals surface area (Å²) in [6, 6.07) is 0. The quantitative estimate of drug-likeness (QED) is 0.608. The van der Waals surface area contributed by atoms with Crippen LogP contribution in [0.25, 0.3) is 0 Å². The van der Waals surface area contributed by atoms with Crippen molar-refractivity contribution in [2.24, 2.45) is 0 Å². The van der Waals surface area contributed by atoms with E-state index in [4.69, 9.17) is 9.47 Å². The Morgan fingerprint density at radius 1 is 1.50 bits per heavy atom. The molecule has 12 heavy (non-hydrogen) atoms. The smallest absolute Gasteiger partial charge is 0.138 e. The first-order valence-corrected chi connectivity index (χ1v) is 3.65. The molecule has 0 amide bonds. The Morgan fingerprint density at radius 2 is 2.42 bits per heavy atom. The van der Waals surface area contributed by atoms with Gasteiger partial charge in [-0.05, 0) is 0 Å². The minimum atomic E-state index is -0.00116. The first-order chi connectivity index (χ1) is 5.47. The van der Waals surface area contributed by atoms with Crippen LogP contribution in [0.15, 0.2) is 12.4 Å². The molecule has 5 heteroatoms. The molecule has 0 spiro atoms. The van der Waals surface area contributed by atoms with Crippen molar-refractivity contribution in [1.82, 2.24) is 9.97 Å². The summed E-state index contributed by atoms with van der Waals surface area (Å²) in [6.07, 6.45) is 3.50. The molecule has 2 rings (SSSR count). The predicted octanol–water partition coefficient (Wildman–Crippen LogP) is -0.151. The summed E-state index contributed by atoms with van der Waals surface area (Å²) in [5, 5.41) is 0. The number of rotatable bonds is 1. The van der Waals surface area contributed by atoms with Crippen LogP contribution in [0.4, 0.5) is 0 Å². The van der Waals surface area contributed by atoms with Gasteiger partial charge < -0.3 is 14.5 Å². The molecule has 1 aliphatic heterocycles. The van der Waals surface area contributed by atoms with E-state index >= 15 is 0 Å². The van der Waals surface area contributed by atoms with Crippen molar-refractivity contribution < 1.29 is 9.47 Å². The average molecular weight is 178 g/mol. The van der Waals surface area contributed by atoms with Gasteiger partial charge in [0.15, 0.2) is 0 Å². The molecule has 62 valence electrons. The topological polar surface area (TPSA) is 47.1 Å². The molecule has 1 aliphatic rings. The number of nitrogens with zero attached hydrogens (tertiary/aromatic N) is 1. The van der Waals surface area contributed by atoms with Gasteiger partial charge in [-0.2, -0.15) is 0 Å². The number of nitrogens with one attached hydrogen (secondary N) is 1. The molecule has 1 aromatic heterocycles. The molecule has 0 radical (unpaired) electrons. The van der Waals surface area contributed by atoms with Gasteiger partial charge in [-0.3, -0.25) is 0 Å². The van der Waals surface area contributed by atoms with E-state index in [1.165, 1.54) is 0 Å². The summed E-state index contributed by atoms with van der Waals surface area (Å²) in [7, 11) is 0. The second-order valence-electron chi connectivity index (χ2n) is 2.41. The summed E-state index contributed by atoms with van der Waals surface area (Å²) < 4.78 is 10.6. The van der Waals surface area contributed by atoms with Gasteiger partial charge in [-0.1, -0.05) is 0 Å². The third-order valence-corrected chi connectivity index (χ3v) is 1.64. The second kappa shape index (κ2) is 4.99. The molecule has 1 atom stereocenters. The molecule has 0 bridgehead atoms. The zero-order valence-corrected chi connectivity index (χ0v) is 6.12. The Bertz CT molecular complexity index is 209. The standard InChI is InChI=1S/C7H10N2O2.Na.H/c1-2-9-7(8-1)6-5-10-3-4-11-6;;/h1-2,6H,3-5H2,(H,8,9);;. The Labute approximate surface area is 93.0 Å². The minimum Gasteiger partial charge on any atom is -0.376 e. The second-order valence-corrected chi connectivity index (χ2v) is 2.41. The fraction of sp³-hybridized carbons (Fsp3) is 0.571. The van der Waals surface area contributed by atoms with E-state index in [0.717, 1.165) is 5.82 Å². The fourth-order valence-electron chi connectivity index (χ4n) is 1.10. The number of aromatic amines is 1. The fourth-order valence-corrected chi connectivity index (χ4v) is 1.10. The number of aromatic nitrogens is 2. The summed E-state index contributed by atoms with van der Waals surface area (Å²) in [6.45, 7) is 1.95. The molecule has 0 aliphatic carbocycles. The average Bonchev–Trinajstić information content (AvgIpc) is 2.58. The Balaban J connectivity index is 0.000000720. The van der Waals surface area contributed by atoms with Gasteiger partial charge in [-0.25, -0.2) is 4.98 Å². The van der Waals surface area contributed by atoms with Gasteiger partial charge >= 0.3 is 29.6 Å². The van der Waals surface area contributed by atoms with E-state index in [-0.39, 0.29) is 35.7 Å². The molecule has 0 aromatic carbocycles. The molecule has 1 saturated heterocycles. The van der Waals surface area contributed by atoms with Crippen molar-refractivity contribution in [2.45, 2.75) is 6.10 Å². The third kappa shape index (κ3) is 2.31. The molecular weight excluding hydrogens is 167 g/mol. The Kier molecular flexibility index (Phi) is 4.25. The summed E-state index contributed by atoms with van der Waals surface area (Å²) >= 11 is 0. The van der Waals surface area contributed by atoms with E-state index in [1.54, 1.807) is 12.4 Å². The van der Waals surface area contributed by atoms with E-state index in [1.807, 2.05) is 0 Å². The van der Waals surface area contributed by atoms with Crippen LogP contribution >= 0.6 is 0 Å². The third-order valence-electron chi connectivity index (χ3n) is 1.64. The Morgan fingerprint density at radius 3 is 3.00 bits per heavy atom. The molecule has 4 nitrogen and oxygen atoms in total. The van der Waals surface area contributed by atoms with Gasteiger partial charge in [0, 0.05) is 12.4 Å². The van der Waals surface area contributed by atoms with Crippen LogP contribution in [0.2, 0.25) is 0 Å². The van der Waals surface area contributed by atoms with Crippen molar-refractivity contribution in [1.29, 1.82) is 0 Å². The van der Waals surface area contributed by atoms with Crippen molar-refractivity contribution >= 4 is 29.6 Å². The van der Waals surface area contributed by atoms with E-state index < -0.39 is 0 Å². The number of hydrogen-bond acceptors (Lipinski definition) is 3. The zero-order valence-electron chi connectivity index (χ0n) is 6.12. The SMILES string of the molecule is [NaH].c1c[nH]c(C2COCCO2)n1. The molecule has 1 aromatic rings. The molecular formula is C7H11N2NaO2. The molecule has 2 heterocycles. The first-order valence-electron chi connectivity index (χ1n) is 3.65. The normalized spacial score (nSPS) is 23.2. The summed E-state index contributed by atoms with van der Waals surface area (Å²) in [5.41, 5.74) is 0. The summed E-state index contributed by atoms with van der Waals surface area (Å²) in [4.78, 5) is 7.07. The van der Waals surface area contributed by atoms with E-state index in [2.05, 4.69) is 9.97 Å². The van der Waals surface area contributed by atoms with E-state index in [9.17, 15) is 0 Å². The van der Waals surface area contributed by atoms with Crippen LogP contribution in [0.5, 0.6) is 0 Å². The van der Waals surface area contributed by atoms with Gasteiger partial charge in [0.2, 0.25) is 0 Å². The van der Waals surface area contributed by atoms with E-state index in [0.29, 0.717) is 19.8 Å². The number of hydrogen-bond donors (Lipinski definition) is 1. The van der Waals surface area contributed by atoms with Crippen LogP contribution in [0, 0.1) is 0 Å². The maximum Gasteiger partial charge on any atom is 0.138 e. The van der Waals surface area contributed by atoms with Crippen LogP contribution < -0.4 is 0 Å². The molecule has 1 fully saturated rings. The maximum absolute atomic E-state index is 5.40. The molecule has 1 unspecified atom stereocenters. The minimum absolute atomic E-state index is 0. The monoisotopic (exact) mass is 178 g/mol. The van der Waals surface area contributed by atoms with Crippen LogP contribution in [-0.4, -0.2) is 59.3 Å².